The molecular formula is C17H18N2OS. The van der Waals surface area contributed by atoms with Crippen LogP contribution in [0, 0.1) is 11.8 Å². The Bertz CT molecular complexity index is 683. The number of fused-ring (bicyclic) bond motifs is 1. The largest absolute Gasteiger partial charge is 0.384 e. The molecule has 3 nitrogen and oxygen atoms in total. The predicted molar refractivity (Wildman–Crippen MR) is 89.0 cm³/mol. The van der Waals surface area contributed by atoms with Gasteiger partial charge in [-0.3, -0.25) is 0 Å². The Morgan fingerprint density at radius 3 is 2.86 bits per heavy atom. The van der Waals surface area contributed by atoms with Gasteiger partial charge in [0.25, 0.3) is 0 Å². The Balaban J connectivity index is 1.79. The molecule has 1 aromatic heterocycles. The summed E-state index contributed by atoms with van der Waals surface area (Å²) in [5.41, 5.74) is 3.58. The lowest BCUT2D eigenvalue weighted by molar-refractivity contribution is 0.350. The number of nitrogens with zero attached hydrogens (tertiary/aromatic N) is 2. The average molecular weight is 298 g/mol. The molecule has 0 fully saturated rings. The number of aliphatic hydroxyl groups is 1. The van der Waals surface area contributed by atoms with Crippen molar-refractivity contribution in [2.75, 3.05) is 36.5 Å². The zero-order valence-electron chi connectivity index (χ0n) is 12.0. The number of benzene rings is 1. The van der Waals surface area contributed by atoms with E-state index in [1.165, 1.54) is 16.3 Å². The van der Waals surface area contributed by atoms with E-state index in [1.807, 2.05) is 0 Å². The van der Waals surface area contributed by atoms with E-state index in [-0.39, 0.29) is 6.61 Å². The summed E-state index contributed by atoms with van der Waals surface area (Å²) in [7, 11) is 2.14. The molecule has 1 aliphatic heterocycles. The summed E-state index contributed by atoms with van der Waals surface area (Å²) in [4.78, 5) is 6.03. The van der Waals surface area contributed by atoms with Crippen LogP contribution in [0.3, 0.4) is 0 Å². The molecule has 0 spiro atoms. The van der Waals surface area contributed by atoms with Crippen molar-refractivity contribution in [3.63, 3.8) is 0 Å². The predicted octanol–water partition coefficient (Wildman–Crippen LogP) is 2.55. The number of aliphatic hydroxyl groups excluding tert-OH is 1. The maximum atomic E-state index is 8.75. The molecule has 0 unspecified atom stereocenters. The number of hydrogen-bond donors (Lipinski definition) is 1. The first-order valence-corrected chi connectivity index (χ1v) is 7.88. The molecule has 0 amide bonds. The fourth-order valence-electron chi connectivity index (χ4n) is 2.59. The van der Waals surface area contributed by atoms with Gasteiger partial charge in [-0.15, -0.1) is 11.3 Å². The SMILES string of the molecule is CN1CCN(Cc2cc(C#CCO)cs2)c2ccccc21. The molecule has 1 N–H and O–H groups in total. The van der Waals surface area contributed by atoms with Gasteiger partial charge in [0.1, 0.15) is 6.61 Å². The van der Waals surface area contributed by atoms with Crippen LogP contribution in [0.4, 0.5) is 11.4 Å². The van der Waals surface area contributed by atoms with Crippen molar-refractivity contribution in [2.45, 2.75) is 6.54 Å². The zero-order valence-corrected chi connectivity index (χ0v) is 12.9. The molecule has 3 rings (SSSR count). The molecule has 1 aromatic carbocycles. The zero-order chi connectivity index (χ0) is 14.7. The molecule has 108 valence electrons. The molecule has 2 heterocycles. The van der Waals surface area contributed by atoms with Gasteiger partial charge < -0.3 is 14.9 Å². The Kier molecular flexibility index (Phi) is 4.14. The van der Waals surface area contributed by atoms with Crippen molar-refractivity contribution in [1.82, 2.24) is 0 Å². The monoisotopic (exact) mass is 298 g/mol. The van der Waals surface area contributed by atoms with Crippen LogP contribution >= 0.6 is 11.3 Å². The molecule has 4 heteroatoms. The smallest absolute Gasteiger partial charge is 0.104 e. The Hall–Kier alpha value is -1.96. The Morgan fingerprint density at radius 1 is 1.24 bits per heavy atom. The summed E-state index contributed by atoms with van der Waals surface area (Å²) in [5, 5.41) is 10.8. The van der Waals surface area contributed by atoms with Gasteiger partial charge in [-0.05, 0) is 18.2 Å². The normalized spacial score (nSPS) is 13.6. The van der Waals surface area contributed by atoms with Crippen LogP contribution in [-0.2, 0) is 6.54 Å². The molecule has 2 aromatic rings. The second-order valence-corrected chi connectivity index (χ2v) is 6.09. The summed E-state index contributed by atoms with van der Waals surface area (Å²) >= 11 is 1.73. The number of para-hydroxylation sites is 2. The highest BCUT2D eigenvalue weighted by Gasteiger charge is 2.20. The minimum absolute atomic E-state index is 0.0863. The Labute approximate surface area is 129 Å². The number of thiophene rings is 1. The lowest BCUT2D eigenvalue weighted by Crippen LogP contribution is -2.38. The molecule has 0 aliphatic carbocycles. The van der Waals surface area contributed by atoms with Gasteiger partial charge in [-0.2, -0.15) is 0 Å². The third-order valence-electron chi connectivity index (χ3n) is 3.65. The van der Waals surface area contributed by atoms with Crippen LogP contribution in [-0.4, -0.2) is 31.9 Å². The summed E-state index contributed by atoms with van der Waals surface area (Å²) in [6.45, 7) is 2.90. The lowest BCUT2D eigenvalue weighted by atomic mass is 10.1. The Morgan fingerprint density at radius 2 is 2.05 bits per heavy atom. The van der Waals surface area contributed by atoms with E-state index in [2.05, 4.69) is 64.4 Å². The van der Waals surface area contributed by atoms with Crippen LogP contribution in [0.2, 0.25) is 0 Å². The fourth-order valence-corrected chi connectivity index (χ4v) is 3.42. The van der Waals surface area contributed by atoms with Crippen LogP contribution in [0.1, 0.15) is 10.4 Å². The highest BCUT2D eigenvalue weighted by Crippen LogP contribution is 2.33. The van der Waals surface area contributed by atoms with Gasteiger partial charge in [0.05, 0.1) is 17.9 Å². The standard InChI is InChI=1S/C17H18N2OS/c1-18-8-9-19(17-7-3-2-6-16(17)18)12-15-11-14(13-21-15)5-4-10-20/h2-3,6-7,11,13,20H,8-10,12H2,1H3. The quantitative estimate of drug-likeness (QED) is 0.863. The number of rotatable bonds is 2. The van der Waals surface area contributed by atoms with Gasteiger partial charge in [0, 0.05) is 36.0 Å². The van der Waals surface area contributed by atoms with Crippen molar-refractivity contribution in [1.29, 1.82) is 0 Å². The number of hydrogen-bond acceptors (Lipinski definition) is 4. The third-order valence-corrected chi connectivity index (χ3v) is 4.57. The highest BCUT2D eigenvalue weighted by molar-refractivity contribution is 7.10. The maximum Gasteiger partial charge on any atom is 0.104 e. The van der Waals surface area contributed by atoms with Crippen LogP contribution in [0.5, 0.6) is 0 Å². The van der Waals surface area contributed by atoms with Crippen LogP contribution in [0.25, 0.3) is 0 Å². The summed E-state index contributed by atoms with van der Waals surface area (Å²) in [5.74, 6) is 5.66. The summed E-state index contributed by atoms with van der Waals surface area (Å²) in [6.07, 6.45) is 0. The first kappa shape index (κ1) is 14.0. The molecule has 0 atom stereocenters. The molecule has 0 saturated carbocycles. The van der Waals surface area contributed by atoms with E-state index < -0.39 is 0 Å². The van der Waals surface area contributed by atoms with E-state index >= 15 is 0 Å². The van der Waals surface area contributed by atoms with Crippen LogP contribution < -0.4 is 9.80 Å². The van der Waals surface area contributed by atoms with E-state index in [1.54, 1.807) is 11.3 Å². The van der Waals surface area contributed by atoms with Crippen molar-refractivity contribution in [3.8, 4) is 11.8 Å². The van der Waals surface area contributed by atoms with Crippen molar-refractivity contribution >= 4 is 22.7 Å². The third kappa shape index (κ3) is 3.05. The highest BCUT2D eigenvalue weighted by atomic mass is 32.1. The van der Waals surface area contributed by atoms with Gasteiger partial charge in [-0.1, -0.05) is 24.0 Å². The van der Waals surface area contributed by atoms with Crippen molar-refractivity contribution < 1.29 is 5.11 Å². The van der Waals surface area contributed by atoms with Crippen molar-refractivity contribution in [3.05, 3.63) is 46.2 Å². The van der Waals surface area contributed by atoms with Crippen LogP contribution in [0.15, 0.2) is 35.7 Å². The molecule has 0 saturated heterocycles. The summed E-state index contributed by atoms with van der Waals surface area (Å²) in [6, 6.07) is 10.7. The van der Waals surface area contributed by atoms with E-state index in [0.29, 0.717) is 0 Å². The minimum Gasteiger partial charge on any atom is -0.384 e. The topological polar surface area (TPSA) is 26.7 Å². The fraction of sp³-hybridized carbons (Fsp3) is 0.294. The first-order chi connectivity index (χ1) is 10.3. The lowest BCUT2D eigenvalue weighted by Gasteiger charge is -2.36. The van der Waals surface area contributed by atoms with Gasteiger partial charge in [0.2, 0.25) is 0 Å². The number of likely N-dealkylation sites (N-methyl/N-ethyl adjacent to an activating group) is 1. The first-order valence-electron chi connectivity index (χ1n) is 7.00. The molecule has 21 heavy (non-hydrogen) atoms. The average Bonchev–Trinajstić information content (AvgIpc) is 2.96. The van der Waals surface area contributed by atoms with E-state index in [4.69, 9.17) is 5.11 Å². The van der Waals surface area contributed by atoms with Gasteiger partial charge in [0.15, 0.2) is 0 Å². The van der Waals surface area contributed by atoms with Gasteiger partial charge in [-0.25, -0.2) is 0 Å². The molecule has 0 bridgehead atoms. The number of anilines is 2. The van der Waals surface area contributed by atoms with E-state index in [9.17, 15) is 0 Å². The van der Waals surface area contributed by atoms with E-state index in [0.717, 1.165) is 25.2 Å². The molecule has 1 aliphatic rings. The summed E-state index contributed by atoms with van der Waals surface area (Å²) < 4.78 is 0. The molecule has 0 radical (unpaired) electrons. The maximum absolute atomic E-state index is 8.75. The molecular weight excluding hydrogens is 280 g/mol. The second-order valence-electron chi connectivity index (χ2n) is 5.09. The second kappa shape index (κ2) is 6.21. The van der Waals surface area contributed by atoms with Gasteiger partial charge >= 0.3 is 0 Å². The van der Waals surface area contributed by atoms with Crippen molar-refractivity contribution in [2.24, 2.45) is 0 Å². The minimum atomic E-state index is -0.0863.